The monoisotopic (exact) mass is 298 g/mol. The Morgan fingerprint density at radius 3 is 2.33 bits per heavy atom. The molecule has 4 atom stereocenters. The minimum atomic E-state index is -0.439. The molecule has 0 aromatic carbocycles. The summed E-state index contributed by atoms with van der Waals surface area (Å²) in [5.74, 6) is 0.333. The molecular formula is C16H30N2O3. The fourth-order valence-corrected chi connectivity index (χ4v) is 2.72. The molecule has 0 bridgehead atoms. The van der Waals surface area contributed by atoms with Gasteiger partial charge in [0.15, 0.2) is 0 Å². The smallest absolute Gasteiger partial charge is 0.246 e. The summed E-state index contributed by atoms with van der Waals surface area (Å²) >= 11 is 0. The lowest BCUT2D eigenvalue weighted by atomic mass is 9.91. The van der Waals surface area contributed by atoms with Crippen molar-refractivity contribution in [3.05, 3.63) is 0 Å². The summed E-state index contributed by atoms with van der Waals surface area (Å²) in [6, 6.07) is -0.919. The number of amides is 2. The van der Waals surface area contributed by atoms with Gasteiger partial charge in [0.1, 0.15) is 12.1 Å². The van der Waals surface area contributed by atoms with Gasteiger partial charge in [-0.15, -0.1) is 0 Å². The molecular weight excluding hydrogens is 268 g/mol. The fraction of sp³-hybridized carbons (Fsp3) is 0.875. The van der Waals surface area contributed by atoms with Gasteiger partial charge < -0.3 is 15.0 Å². The van der Waals surface area contributed by atoms with Crippen LogP contribution in [0.15, 0.2) is 0 Å². The summed E-state index contributed by atoms with van der Waals surface area (Å²) in [5, 5.41) is 2.88. The van der Waals surface area contributed by atoms with Crippen molar-refractivity contribution in [1.29, 1.82) is 0 Å². The number of hydrogen-bond acceptors (Lipinski definition) is 3. The lowest BCUT2D eigenvalue weighted by Gasteiger charge is -2.44. The number of nitrogens with one attached hydrogen (secondary N) is 1. The van der Waals surface area contributed by atoms with Crippen molar-refractivity contribution < 1.29 is 14.3 Å². The van der Waals surface area contributed by atoms with E-state index in [2.05, 4.69) is 19.2 Å². The summed E-state index contributed by atoms with van der Waals surface area (Å²) in [6.07, 6.45) is 0.858. The van der Waals surface area contributed by atoms with E-state index in [0.717, 1.165) is 6.42 Å². The molecule has 0 radical (unpaired) electrons. The van der Waals surface area contributed by atoms with Crippen molar-refractivity contribution in [3.63, 3.8) is 0 Å². The second-order valence-corrected chi connectivity index (χ2v) is 6.26. The zero-order valence-electron chi connectivity index (χ0n) is 14.2. The van der Waals surface area contributed by atoms with E-state index >= 15 is 0 Å². The van der Waals surface area contributed by atoms with Gasteiger partial charge in [-0.05, 0) is 25.7 Å². The van der Waals surface area contributed by atoms with Crippen LogP contribution in [0.25, 0.3) is 0 Å². The quantitative estimate of drug-likeness (QED) is 0.780. The third kappa shape index (κ3) is 3.96. The first-order chi connectivity index (χ1) is 9.84. The summed E-state index contributed by atoms with van der Waals surface area (Å²) < 4.78 is 5.54. The Balaban J connectivity index is 3.03. The number of piperazine rings is 1. The maximum atomic E-state index is 12.8. The van der Waals surface area contributed by atoms with Crippen molar-refractivity contribution in [3.8, 4) is 0 Å². The minimum absolute atomic E-state index is 0.0230. The first-order valence-corrected chi connectivity index (χ1v) is 8.05. The molecule has 0 aliphatic carbocycles. The topological polar surface area (TPSA) is 58.6 Å². The van der Waals surface area contributed by atoms with E-state index in [1.54, 1.807) is 11.8 Å². The van der Waals surface area contributed by atoms with Crippen LogP contribution in [0.1, 0.15) is 48.0 Å². The maximum absolute atomic E-state index is 12.8. The second-order valence-electron chi connectivity index (χ2n) is 6.26. The average molecular weight is 298 g/mol. The largest absolute Gasteiger partial charge is 0.380 e. The number of rotatable bonds is 7. The van der Waals surface area contributed by atoms with Crippen molar-refractivity contribution in [2.24, 2.45) is 11.8 Å². The molecule has 122 valence electrons. The van der Waals surface area contributed by atoms with E-state index in [0.29, 0.717) is 13.2 Å². The first kappa shape index (κ1) is 18.0. The van der Waals surface area contributed by atoms with Crippen molar-refractivity contribution in [2.45, 2.75) is 66.1 Å². The summed E-state index contributed by atoms with van der Waals surface area (Å²) in [7, 11) is 0. The number of ether oxygens (including phenoxy) is 1. The van der Waals surface area contributed by atoms with E-state index in [1.807, 2.05) is 20.8 Å². The van der Waals surface area contributed by atoms with Crippen molar-refractivity contribution in [1.82, 2.24) is 10.2 Å². The van der Waals surface area contributed by atoms with E-state index in [4.69, 9.17) is 4.74 Å². The highest BCUT2D eigenvalue weighted by Crippen LogP contribution is 2.23. The van der Waals surface area contributed by atoms with Gasteiger partial charge in [0, 0.05) is 6.61 Å². The maximum Gasteiger partial charge on any atom is 0.246 e. The fourth-order valence-electron chi connectivity index (χ4n) is 2.72. The molecule has 5 heteroatoms. The Hall–Kier alpha value is -1.10. The summed E-state index contributed by atoms with van der Waals surface area (Å²) in [4.78, 5) is 26.8. The normalized spacial score (nSPS) is 26.0. The highest BCUT2D eigenvalue weighted by molar-refractivity contribution is 5.97. The third-order valence-corrected chi connectivity index (χ3v) is 4.45. The summed E-state index contributed by atoms with van der Waals surface area (Å²) in [6.45, 7) is 13.0. The molecule has 21 heavy (non-hydrogen) atoms. The zero-order chi connectivity index (χ0) is 16.2. The second kappa shape index (κ2) is 7.78. The average Bonchev–Trinajstić information content (AvgIpc) is 2.45. The molecule has 1 N–H and O–H groups in total. The van der Waals surface area contributed by atoms with Gasteiger partial charge in [0.05, 0.1) is 12.6 Å². The van der Waals surface area contributed by atoms with Gasteiger partial charge in [-0.25, -0.2) is 0 Å². The van der Waals surface area contributed by atoms with Gasteiger partial charge in [-0.2, -0.15) is 0 Å². The van der Waals surface area contributed by atoms with E-state index < -0.39 is 12.1 Å². The van der Waals surface area contributed by atoms with E-state index in [9.17, 15) is 9.59 Å². The van der Waals surface area contributed by atoms with Gasteiger partial charge in [-0.1, -0.05) is 34.1 Å². The van der Waals surface area contributed by atoms with Crippen molar-refractivity contribution in [2.75, 3.05) is 13.2 Å². The van der Waals surface area contributed by atoms with E-state index in [-0.39, 0.29) is 29.7 Å². The molecule has 0 aromatic heterocycles. The molecule has 1 aliphatic heterocycles. The SMILES string of the molecule is CCOCC(C(C)C)N1C(=O)C(C(C)CC)NC(=O)C1C. The molecule has 0 aromatic rings. The predicted molar refractivity (Wildman–Crippen MR) is 82.8 cm³/mol. The van der Waals surface area contributed by atoms with Crippen LogP contribution in [-0.2, 0) is 14.3 Å². The van der Waals surface area contributed by atoms with Gasteiger partial charge in [-0.3, -0.25) is 9.59 Å². The van der Waals surface area contributed by atoms with Gasteiger partial charge >= 0.3 is 0 Å². The van der Waals surface area contributed by atoms with Gasteiger partial charge in [0.2, 0.25) is 11.8 Å². The molecule has 5 nitrogen and oxygen atoms in total. The molecule has 0 spiro atoms. The molecule has 1 rings (SSSR count). The summed E-state index contributed by atoms with van der Waals surface area (Å²) in [5.41, 5.74) is 0. The first-order valence-electron chi connectivity index (χ1n) is 8.05. The van der Waals surface area contributed by atoms with Crippen molar-refractivity contribution >= 4 is 11.8 Å². The standard InChI is InChI=1S/C16H30N2O3/c1-7-11(5)14-16(20)18(12(6)15(19)17-14)13(10(3)4)9-21-8-2/h10-14H,7-9H2,1-6H3,(H,17,19). The molecule has 1 saturated heterocycles. The molecule has 2 amide bonds. The van der Waals surface area contributed by atoms with Crippen LogP contribution in [0.2, 0.25) is 0 Å². The highest BCUT2D eigenvalue weighted by Gasteiger charge is 2.43. The Morgan fingerprint density at radius 1 is 1.24 bits per heavy atom. The van der Waals surface area contributed by atoms with E-state index in [1.165, 1.54) is 0 Å². The third-order valence-electron chi connectivity index (χ3n) is 4.45. The lowest BCUT2D eigenvalue weighted by molar-refractivity contribution is -0.155. The zero-order valence-corrected chi connectivity index (χ0v) is 14.2. The Morgan fingerprint density at radius 2 is 1.86 bits per heavy atom. The van der Waals surface area contributed by atoms with Crippen LogP contribution < -0.4 is 5.32 Å². The number of carbonyl (C=O) groups excluding carboxylic acids is 2. The predicted octanol–water partition coefficient (Wildman–Crippen LogP) is 1.81. The van der Waals surface area contributed by atoms with Crippen LogP contribution in [0.5, 0.6) is 0 Å². The molecule has 0 saturated carbocycles. The van der Waals surface area contributed by atoms with Gasteiger partial charge in [0.25, 0.3) is 0 Å². The van der Waals surface area contributed by atoms with Crippen LogP contribution >= 0.6 is 0 Å². The number of carbonyl (C=O) groups is 2. The Kier molecular flexibility index (Phi) is 6.65. The molecule has 4 unspecified atom stereocenters. The molecule has 1 heterocycles. The minimum Gasteiger partial charge on any atom is -0.380 e. The number of hydrogen-bond donors (Lipinski definition) is 1. The lowest BCUT2D eigenvalue weighted by Crippen LogP contribution is -2.67. The highest BCUT2D eigenvalue weighted by atomic mass is 16.5. The molecule has 1 aliphatic rings. The molecule has 1 fully saturated rings. The number of nitrogens with zero attached hydrogens (tertiary/aromatic N) is 1. The van der Waals surface area contributed by atoms with Crippen LogP contribution in [0.4, 0.5) is 0 Å². The van der Waals surface area contributed by atoms with Crippen LogP contribution in [0.3, 0.4) is 0 Å². The van der Waals surface area contributed by atoms with Crippen LogP contribution in [-0.4, -0.2) is 48.1 Å². The Labute approximate surface area is 128 Å². The Bertz CT molecular complexity index is 371. The van der Waals surface area contributed by atoms with Crippen LogP contribution in [0, 0.1) is 11.8 Å².